The summed E-state index contributed by atoms with van der Waals surface area (Å²) in [6.07, 6.45) is 0.359. The predicted molar refractivity (Wildman–Crippen MR) is 65.5 cm³/mol. The standard InChI is InChI=1S/C8H16ClNO5S2/c1-15-3-2-4-17(13,14)10-8-6-16(11,12)5-7(8)9/h7-8,10H,2-6H2,1H3. The van der Waals surface area contributed by atoms with Gasteiger partial charge in [0.25, 0.3) is 0 Å². The maximum absolute atomic E-state index is 11.6. The molecule has 9 heteroatoms. The van der Waals surface area contributed by atoms with Crippen molar-refractivity contribution < 1.29 is 21.6 Å². The Balaban J connectivity index is 2.54. The van der Waals surface area contributed by atoms with Gasteiger partial charge in [-0.05, 0) is 6.42 Å². The Hall–Kier alpha value is 0.110. The average molecular weight is 306 g/mol. The van der Waals surface area contributed by atoms with Gasteiger partial charge in [-0.25, -0.2) is 21.6 Å². The van der Waals surface area contributed by atoms with Crippen LogP contribution in [-0.2, 0) is 24.6 Å². The first-order valence-corrected chi connectivity index (χ1v) is 9.00. The van der Waals surface area contributed by atoms with Gasteiger partial charge in [-0.2, -0.15) is 0 Å². The third kappa shape index (κ3) is 5.09. The van der Waals surface area contributed by atoms with Crippen molar-refractivity contribution in [3.8, 4) is 0 Å². The van der Waals surface area contributed by atoms with Gasteiger partial charge in [-0.1, -0.05) is 0 Å². The van der Waals surface area contributed by atoms with Crippen LogP contribution in [0.2, 0.25) is 0 Å². The van der Waals surface area contributed by atoms with E-state index < -0.39 is 31.3 Å². The zero-order valence-electron chi connectivity index (χ0n) is 9.43. The highest BCUT2D eigenvalue weighted by atomic mass is 35.5. The summed E-state index contributed by atoms with van der Waals surface area (Å²) in [6, 6.07) is -0.728. The van der Waals surface area contributed by atoms with Crippen LogP contribution in [-0.4, -0.2) is 59.2 Å². The van der Waals surface area contributed by atoms with Crippen LogP contribution in [0.1, 0.15) is 6.42 Å². The lowest BCUT2D eigenvalue weighted by Gasteiger charge is -2.14. The molecule has 1 aliphatic heterocycles. The number of rotatable bonds is 6. The van der Waals surface area contributed by atoms with Gasteiger partial charge in [0.15, 0.2) is 9.84 Å². The smallest absolute Gasteiger partial charge is 0.212 e. The molecule has 1 fully saturated rings. The van der Waals surface area contributed by atoms with Crippen LogP contribution in [0.4, 0.5) is 0 Å². The van der Waals surface area contributed by atoms with Gasteiger partial charge < -0.3 is 4.74 Å². The van der Waals surface area contributed by atoms with Gasteiger partial charge in [-0.15, -0.1) is 11.6 Å². The van der Waals surface area contributed by atoms with Crippen molar-refractivity contribution in [3.05, 3.63) is 0 Å². The third-order valence-electron chi connectivity index (χ3n) is 2.38. The van der Waals surface area contributed by atoms with E-state index in [1.165, 1.54) is 7.11 Å². The molecule has 6 nitrogen and oxygen atoms in total. The second-order valence-electron chi connectivity index (χ2n) is 3.98. The number of hydrogen-bond donors (Lipinski definition) is 1. The maximum Gasteiger partial charge on any atom is 0.212 e. The lowest BCUT2D eigenvalue weighted by Crippen LogP contribution is -2.41. The third-order valence-corrected chi connectivity index (χ3v) is 6.24. The summed E-state index contributed by atoms with van der Waals surface area (Å²) >= 11 is 5.80. The highest BCUT2D eigenvalue weighted by Gasteiger charge is 2.38. The van der Waals surface area contributed by atoms with Crippen LogP contribution >= 0.6 is 11.6 Å². The Morgan fingerprint density at radius 3 is 2.53 bits per heavy atom. The van der Waals surface area contributed by atoms with Gasteiger partial charge in [-0.3, -0.25) is 0 Å². The molecule has 0 bridgehead atoms. The normalized spacial score (nSPS) is 28.4. The monoisotopic (exact) mass is 305 g/mol. The molecule has 1 heterocycles. The molecule has 0 amide bonds. The van der Waals surface area contributed by atoms with Crippen molar-refractivity contribution in [1.29, 1.82) is 0 Å². The molecule has 1 saturated heterocycles. The zero-order valence-corrected chi connectivity index (χ0v) is 11.8. The molecule has 1 aliphatic rings. The minimum absolute atomic E-state index is 0.0962. The van der Waals surface area contributed by atoms with E-state index in [4.69, 9.17) is 16.3 Å². The van der Waals surface area contributed by atoms with Gasteiger partial charge in [0.2, 0.25) is 10.0 Å². The number of nitrogens with one attached hydrogen (secondary N) is 1. The highest BCUT2D eigenvalue weighted by molar-refractivity contribution is 7.92. The molecule has 0 aliphatic carbocycles. The Bertz CT molecular complexity index is 447. The van der Waals surface area contributed by atoms with Crippen LogP contribution < -0.4 is 4.72 Å². The molecule has 2 unspecified atom stereocenters. The van der Waals surface area contributed by atoms with Crippen molar-refractivity contribution in [3.63, 3.8) is 0 Å². The molecule has 0 spiro atoms. The molecule has 0 radical (unpaired) electrons. The van der Waals surface area contributed by atoms with Gasteiger partial charge in [0.05, 0.1) is 28.7 Å². The van der Waals surface area contributed by atoms with Crippen LogP contribution in [0, 0.1) is 0 Å². The Morgan fingerprint density at radius 2 is 2.06 bits per heavy atom. The second-order valence-corrected chi connectivity index (χ2v) is 8.57. The van der Waals surface area contributed by atoms with Gasteiger partial charge in [0.1, 0.15) is 0 Å². The molecule has 1 rings (SSSR count). The minimum atomic E-state index is -3.50. The van der Waals surface area contributed by atoms with Crippen molar-refractivity contribution >= 4 is 31.5 Å². The summed E-state index contributed by atoms with van der Waals surface area (Å²) in [4.78, 5) is 0. The van der Waals surface area contributed by atoms with E-state index in [1.807, 2.05) is 0 Å². The van der Waals surface area contributed by atoms with Crippen LogP contribution in [0.3, 0.4) is 0 Å². The van der Waals surface area contributed by atoms with Gasteiger partial charge >= 0.3 is 0 Å². The average Bonchev–Trinajstić information content (AvgIpc) is 2.38. The molecule has 0 aromatic rings. The Kier molecular flexibility index (Phi) is 5.21. The zero-order chi connectivity index (χ0) is 13.1. The maximum atomic E-state index is 11.6. The number of hydrogen-bond acceptors (Lipinski definition) is 5. The lowest BCUT2D eigenvalue weighted by molar-refractivity contribution is 0.199. The number of halogens is 1. The molecular formula is C8H16ClNO5S2. The summed E-state index contributed by atoms with van der Waals surface area (Å²) in [7, 11) is -5.24. The number of ether oxygens (including phenoxy) is 1. The molecule has 1 N–H and O–H groups in total. The topological polar surface area (TPSA) is 89.5 Å². The summed E-state index contributed by atoms with van der Waals surface area (Å²) in [5.41, 5.74) is 0. The predicted octanol–water partition coefficient (Wildman–Crippen LogP) is -0.653. The SMILES string of the molecule is COCCCS(=O)(=O)NC1CS(=O)(=O)CC1Cl. The summed E-state index contributed by atoms with van der Waals surface area (Å²) in [5, 5.41) is -0.697. The van der Waals surface area contributed by atoms with E-state index in [1.54, 1.807) is 0 Å². The quantitative estimate of drug-likeness (QED) is 0.520. The van der Waals surface area contributed by atoms with Crippen LogP contribution in [0.5, 0.6) is 0 Å². The van der Waals surface area contributed by atoms with Crippen LogP contribution in [0.15, 0.2) is 0 Å². The number of methoxy groups -OCH3 is 1. The number of sulfone groups is 1. The molecule has 0 aromatic carbocycles. The molecular weight excluding hydrogens is 290 g/mol. The van der Waals surface area contributed by atoms with E-state index in [-0.39, 0.29) is 17.3 Å². The van der Waals surface area contributed by atoms with E-state index in [9.17, 15) is 16.8 Å². The first-order valence-electron chi connectivity index (χ1n) is 5.09. The van der Waals surface area contributed by atoms with Crippen molar-refractivity contribution in [2.75, 3.05) is 31.0 Å². The second kappa shape index (κ2) is 5.83. The summed E-state index contributed by atoms with van der Waals surface area (Å²) < 4.78 is 52.8. The van der Waals surface area contributed by atoms with E-state index in [0.717, 1.165) is 0 Å². The Labute approximate surface area is 107 Å². The molecule has 102 valence electrons. The summed E-state index contributed by atoms with van der Waals surface area (Å²) in [5.74, 6) is -0.508. The fraction of sp³-hybridized carbons (Fsp3) is 1.00. The van der Waals surface area contributed by atoms with E-state index in [2.05, 4.69) is 4.72 Å². The van der Waals surface area contributed by atoms with E-state index in [0.29, 0.717) is 13.0 Å². The first-order chi connectivity index (χ1) is 7.76. The number of alkyl halides is 1. The fourth-order valence-electron chi connectivity index (χ4n) is 1.60. The Morgan fingerprint density at radius 1 is 1.41 bits per heavy atom. The highest BCUT2D eigenvalue weighted by Crippen LogP contribution is 2.18. The van der Waals surface area contributed by atoms with Crippen molar-refractivity contribution in [2.24, 2.45) is 0 Å². The lowest BCUT2D eigenvalue weighted by atomic mass is 10.3. The number of sulfonamides is 1. The molecule has 2 atom stereocenters. The van der Waals surface area contributed by atoms with Gasteiger partial charge in [0, 0.05) is 13.7 Å². The van der Waals surface area contributed by atoms with Crippen molar-refractivity contribution in [1.82, 2.24) is 4.72 Å². The van der Waals surface area contributed by atoms with E-state index >= 15 is 0 Å². The molecule has 0 aromatic heterocycles. The minimum Gasteiger partial charge on any atom is -0.385 e. The molecule has 0 saturated carbocycles. The van der Waals surface area contributed by atoms with Crippen LogP contribution in [0.25, 0.3) is 0 Å². The first kappa shape index (κ1) is 15.2. The molecule has 17 heavy (non-hydrogen) atoms. The largest absolute Gasteiger partial charge is 0.385 e. The fourth-order valence-corrected chi connectivity index (χ4v) is 5.65. The summed E-state index contributed by atoms with van der Waals surface area (Å²) in [6.45, 7) is 0.341. The van der Waals surface area contributed by atoms with Crippen molar-refractivity contribution in [2.45, 2.75) is 17.8 Å².